The van der Waals surface area contributed by atoms with Crippen LogP contribution in [0.2, 0.25) is 0 Å². The lowest BCUT2D eigenvalue weighted by atomic mass is 9.73. The minimum atomic E-state index is -0.164. The largest absolute Gasteiger partial charge is 0.310 e. The molecule has 3 nitrogen and oxygen atoms in total. The Morgan fingerprint density at radius 2 is 1.14 bits per heavy atom. The van der Waals surface area contributed by atoms with Crippen LogP contribution in [0.4, 0.5) is 17.1 Å². The van der Waals surface area contributed by atoms with Gasteiger partial charge in [0.05, 0.1) is 28.1 Å². The van der Waals surface area contributed by atoms with Crippen molar-refractivity contribution >= 4 is 38.9 Å². The molecular weight excluding hydrogens is 607 g/mol. The fourth-order valence-corrected chi connectivity index (χ4v) is 8.85. The van der Waals surface area contributed by atoms with Crippen molar-refractivity contribution in [1.29, 1.82) is 0 Å². The van der Waals surface area contributed by atoms with Crippen molar-refractivity contribution in [2.45, 2.75) is 38.5 Å². The van der Waals surface area contributed by atoms with E-state index in [4.69, 9.17) is 4.98 Å². The standard InChI is InChI=1S/C47H37N3/c1-46(2)37-23-22-33(29-36(37)45-39(46)17-12-26-48-45)50-41-18-10-8-15-34(41)35-27-30(20-24-42(35)50)31-21-25-44-40(28-31)47(3,4)38-16-9-11-19-43(38)49(44)32-13-6-5-7-14-32/h5-29H,1-4H3. The normalized spacial score (nSPS) is 15.1. The monoisotopic (exact) mass is 643 g/mol. The summed E-state index contributed by atoms with van der Waals surface area (Å²) in [6.07, 6.45) is 1.92. The van der Waals surface area contributed by atoms with Gasteiger partial charge in [-0.1, -0.05) is 107 Å². The fourth-order valence-electron chi connectivity index (χ4n) is 8.85. The number of hydrogen-bond acceptors (Lipinski definition) is 2. The molecule has 0 saturated carbocycles. The van der Waals surface area contributed by atoms with Crippen LogP contribution in [-0.2, 0) is 10.8 Å². The summed E-state index contributed by atoms with van der Waals surface area (Å²) in [7, 11) is 0. The Hall–Kier alpha value is -5.93. The molecule has 0 unspecified atom stereocenters. The third-order valence-corrected chi connectivity index (χ3v) is 11.4. The second-order valence-corrected chi connectivity index (χ2v) is 14.9. The molecule has 8 aromatic rings. The maximum Gasteiger partial charge on any atom is 0.0746 e. The van der Waals surface area contributed by atoms with Gasteiger partial charge in [0, 0.05) is 44.7 Å². The topological polar surface area (TPSA) is 21.1 Å². The molecule has 0 N–H and O–H groups in total. The summed E-state index contributed by atoms with van der Waals surface area (Å²) < 4.78 is 2.42. The smallest absolute Gasteiger partial charge is 0.0746 e. The Balaban J connectivity index is 1.14. The van der Waals surface area contributed by atoms with Crippen LogP contribution in [0.1, 0.15) is 49.9 Å². The third-order valence-electron chi connectivity index (χ3n) is 11.4. The van der Waals surface area contributed by atoms with E-state index >= 15 is 0 Å². The molecule has 6 aromatic carbocycles. The van der Waals surface area contributed by atoms with Gasteiger partial charge in [-0.2, -0.15) is 0 Å². The third kappa shape index (κ3) is 3.95. The van der Waals surface area contributed by atoms with Crippen molar-refractivity contribution in [2.75, 3.05) is 4.90 Å². The second-order valence-electron chi connectivity index (χ2n) is 14.9. The summed E-state index contributed by atoms with van der Waals surface area (Å²) >= 11 is 0. The summed E-state index contributed by atoms with van der Waals surface area (Å²) in [6.45, 7) is 9.33. The molecular formula is C47H37N3. The first-order valence-corrected chi connectivity index (χ1v) is 17.6. The lowest BCUT2D eigenvalue weighted by molar-refractivity contribution is 0.632. The van der Waals surface area contributed by atoms with Gasteiger partial charge in [0.25, 0.3) is 0 Å². The van der Waals surface area contributed by atoms with Crippen molar-refractivity contribution < 1.29 is 0 Å². The number of benzene rings is 6. The molecule has 10 rings (SSSR count). The van der Waals surface area contributed by atoms with Gasteiger partial charge in [-0.3, -0.25) is 4.98 Å². The predicted octanol–water partition coefficient (Wildman–Crippen LogP) is 12.3. The highest BCUT2D eigenvalue weighted by molar-refractivity contribution is 6.10. The molecule has 0 bridgehead atoms. The van der Waals surface area contributed by atoms with Gasteiger partial charge in [0.15, 0.2) is 0 Å². The Morgan fingerprint density at radius 3 is 2.02 bits per heavy atom. The van der Waals surface area contributed by atoms with Crippen LogP contribution in [0.15, 0.2) is 152 Å². The van der Waals surface area contributed by atoms with Crippen LogP contribution >= 0.6 is 0 Å². The number of anilines is 3. The number of fused-ring (bicyclic) bond motifs is 8. The minimum Gasteiger partial charge on any atom is -0.310 e. The predicted molar refractivity (Wildman–Crippen MR) is 208 cm³/mol. The van der Waals surface area contributed by atoms with E-state index in [1.807, 2.05) is 6.20 Å². The summed E-state index contributed by atoms with van der Waals surface area (Å²) in [5.41, 5.74) is 17.1. The summed E-state index contributed by atoms with van der Waals surface area (Å²) in [5.74, 6) is 0. The Kier molecular flexibility index (Phi) is 5.97. The van der Waals surface area contributed by atoms with Crippen LogP contribution in [0.3, 0.4) is 0 Å². The maximum atomic E-state index is 4.85. The minimum absolute atomic E-state index is 0.0726. The van der Waals surface area contributed by atoms with Gasteiger partial charge in [-0.25, -0.2) is 0 Å². The van der Waals surface area contributed by atoms with Crippen LogP contribution in [0.25, 0.3) is 49.9 Å². The first kappa shape index (κ1) is 29.0. The average Bonchev–Trinajstić information content (AvgIpc) is 3.60. The molecule has 0 radical (unpaired) electrons. The first-order valence-electron chi connectivity index (χ1n) is 17.6. The van der Waals surface area contributed by atoms with Crippen LogP contribution in [0.5, 0.6) is 0 Å². The summed E-state index contributed by atoms with van der Waals surface area (Å²) in [6, 6.07) is 53.7. The van der Waals surface area contributed by atoms with E-state index in [0.29, 0.717) is 0 Å². The van der Waals surface area contributed by atoms with E-state index in [2.05, 4.69) is 183 Å². The molecule has 0 fully saturated rings. The van der Waals surface area contributed by atoms with Gasteiger partial charge < -0.3 is 9.47 Å². The van der Waals surface area contributed by atoms with Crippen molar-refractivity contribution in [2.24, 2.45) is 0 Å². The van der Waals surface area contributed by atoms with Crippen molar-refractivity contribution in [3.05, 3.63) is 174 Å². The zero-order chi connectivity index (χ0) is 33.8. The number of rotatable bonds is 3. The van der Waals surface area contributed by atoms with Gasteiger partial charge in [-0.05, 0) is 100 Å². The van der Waals surface area contributed by atoms with Crippen molar-refractivity contribution in [3.63, 3.8) is 0 Å². The molecule has 0 spiro atoms. The Labute approximate surface area is 293 Å². The molecule has 0 amide bonds. The molecule has 1 aliphatic carbocycles. The molecule has 2 aliphatic rings. The number of hydrogen-bond donors (Lipinski definition) is 0. The zero-order valence-electron chi connectivity index (χ0n) is 28.8. The van der Waals surface area contributed by atoms with Gasteiger partial charge in [0.1, 0.15) is 0 Å². The number of pyridine rings is 1. The van der Waals surface area contributed by atoms with E-state index in [-0.39, 0.29) is 10.8 Å². The van der Waals surface area contributed by atoms with Gasteiger partial charge >= 0.3 is 0 Å². The van der Waals surface area contributed by atoms with E-state index in [0.717, 1.165) is 11.4 Å². The highest BCUT2D eigenvalue weighted by Gasteiger charge is 2.38. The molecule has 240 valence electrons. The van der Waals surface area contributed by atoms with Crippen molar-refractivity contribution in [1.82, 2.24) is 9.55 Å². The molecule has 2 aromatic heterocycles. The van der Waals surface area contributed by atoms with E-state index in [1.54, 1.807) is 0 Å². The lowest BCUT2D eigenvalue weighted by Crippen LogP contribution is -2.30. The maximum absolute atomic E-state index is 4.85. The molecule has 0 atom stereocenters. The van der Waals surface area contributed by atoms with Crippen LogP contribution in [-0.4, -0.2) is 9.55 Å². The van der Waals surface area contributed by atoms with Crippen LogP contribution < -0.4 is 4.90 Å². The molecule has 0 saturated heterocycles. The summed E-state index contributed by atoms with van der Waals surface area (Å²) in [4.78, 5) is 7.27. The highest BCUT2D eigenvalue weighted by Crippen LogP contribution is 2.53. The quantitative estimate of drug-likeness (QED) is 0.191. The number of para-hydroxylation sites is 3. The first-order chi connectivity index (χ1) is 24.3. The average molecular weight is 644 g/mol. The Morgan fingerprint density at radius 1 is 0.460 bits per heavy atom. The van der Waals surface area contributed by atoms with E-state index < -0.39 is 0 Å². The van der Waals surface area contributed by atoms with E-state index in [1.165, 1.54) is 77.8 Å². The molecule has 3 heterocycles. The Bertz CT molecular complexity index is 2660. The van der Waals surface area contributed by atoms with Crippen molar-refractivity contribution in [3.8, 4) is 28.1 Å². The number of nitrogens with zero attached hydrogens (tertiary/aromatic N) is 3. The van der Waals surface area contributed by atoms with Crippen LogP contribution in [0, 0.1) is 0 Å². The second kappa shape index (κ2) is 10.3. The number of aromatic nitrogens is 2. The highest BCUT2D eigenvalue weighted by atomic mass is 15.2. The molecule has 50 heavy (non-hydrogen) atoms. The van der Waals surface area contributed by atoms with E-state index in [9.17, 15) is 0 Å². The SMILES string of the molecule is CC1(C)c2ccccc2N(c2ccccc2)c2ccc(-c3ccc4c(c3)c3ccccc3n4-c3ccc4c(c3)-c3ncccc3C4(C)C)cc21. The lowest BCUT2D eigenvalue weighted by Gasteiger charge is -2.42. The van der Waals surface area contributed by atoms with Gasteiger partial charge in [-0.15, -0.1) is 0 Å². The fraction of sp³-hybridized carbons (Fsp3) is 0.128. The summed E-state index contributed by atoms with van der Waals surface area (Å²) in [5, 5.41) is 2.51. The van der Waals surface area contributed by atoms with Gasteiger partial charge in [0.2, 0.25) is 0 Å². The molecule has 1 aliphatic heterocycles. The zero-order valence-corrected chi connectivity index (χ0v) is 28.8. The molecule has 3 heteroatoms.